The lowest BCUT2D eigenvalue weighted by Crippen LogP contribution is -2.06. The summed E-state index contributed by atoms with van der Waals surface area (Å²) in [5.41, 5.74) is 0.541. The summed E-state index contributed by atoms with van der Waals surface area (Å²) in [5.74, 6) is -2.26. The molecule has 21 heavy (non-hydrogen) atoms. The predicted octanol–water partition coefficient (Wildman–Crippen LogP) is 3.15. The van der Waals surface area contributed by atoms with E-state index >= 15 is 0 Å². The summed E-state index contributed by atoms with van der Waals surface area (Å²) in [6, 6.07) is 8.87. The van der Waals surface area contributed by atoms with Gasteiger partial charge in [-0.2, -0.15) is 5.26 Å². The number of nitriles is 1. The maximum absolute atomic E-state index is 13.6. The Bertz CT molecular complexity index is 739. The van der Waals surface area contributed by atoms with Crippen LogP contribution in [0.15, 0.2) is 36.4 Å². The van der Waals surface area contributed by atoms with Crippen molar-refractivity contribution in [1.82, 2.24) is 0 Å². The van der Waals surface area contributed by atoms with E-state index in [1.165, 1.54) is 24.3 Å². The molecule has 4 nitrogen and oxygen atoms in total. The average molecular weight is 288 g/mol. The van der Waals surface area contributed by atoms with Gasteiger partial charge in [-0.05, 0) is 36.4 Å². The number of rotatable bonds is 4. The molecule has 2 aromatic rings. The number of benzene rings is 2. The Labute approximate surface area is 119 Å². The van der Waals surface area contributed by atoms with Gasteiger partial charge in [-0.3, -0.25) is 0 Å². The zero-order valence-corrected chi connectivity index (χ0v) is 10.7. The molecule has 0 saturated carbocycles. The van der Waals surface area contributed by atoms with E-state index in [0.29, 0.717) is 5.69 Å². The van der Waals surface area contributed by atoms with Crippen LogP contribution in [0.5, 0.6) is 0 Å². The Kier molecular flexibility index (Phi) is 4.14. The minimum Gasteiger partial charge on any atom is -0.478 e. The summed E-state index contributed by atoms with van der Waals surface area (Å²) >= 11 is 0. The van der Waals surface area contributed by atoms with E-state index in [9.17, 15) is 13.6 Å². The van der Waals surface area contributed by atoms with Crippen LogP contribution in [-0.2, 0) is 6.54 Å². The summed E-state index contributed by atoms with van der Waals surface area (Å²) in [6.45, 7) is -0.0206. The Morgan fingerprint density at radius 1 is 1.24 bits per heavy atom. The van der Waals surface area contributed by atoms with Gasteiger partial charge in [0, 0.05) is 12.1 Å². The van der Waals surface area contributed by atoms with Crippen LogP contribution in [0.2, 0.25) is 0 Å². The Hall–Kier alpha value is -2.94. The van der Waals surface area contributed by atoms with Crippen molar-refractivity contribution in [2.75, 3.05) is 5.32 Å². The Balaban J connectivity index is 2.22. The number of carboxylic acid groups (broad SMARTS) is 1. The lowest BCUT2D eigenvalue weighted by atomic mass is 10.1. The fourth-order valence-corrected chi connectivity index (χ4v) is 1.80. The highest BCUT2D eigenvalue weighted by atomic mass is 19.1. The van der Waals surface area contributed by atoms with Crippen molar-refractivity contribution in [2.24, 2.45) is 0 Å². The summed E-state index contributed by atoms with van der Waals surface area (Å²) < 4.78 is 26.6. The van der Waals surface area contributed by atoms with Gasteiger partial charge in [0.25, 0.3) is 0 Å². The van der Waals surface area contributed by atoms with E-state index in [2.05, 4.69) is 5.32 Å². The molecule has 2 rings (SSSR count). The molecule has 0 saturated heterocycles. The van der Waals surface area contributed by atoms with Crippen molar-refractivity contribution in [1.29, 1.82) is 5.26 Å². The SMILES string of the molecule is N#Cc1cc(F)ccc1NCc1cc(C(=O)O)ccc1F. The highest BCUT2D eigenvalue weighted by Gasteiger charge is 2.09. The first-order chi connectivity index (χ1) is 10.0. The van der Waals surface area contributed by atoms with Crippen molar-refractivity contribution in [3.63, 3.8) is 0 Å². The summed E-state index contributed by atoms with van der Waals surface area (Å²) in [7, 11) is 0. The van der Waals surface area contributed by atoms with Gasteiger partial charge < -0.3 is 10.4 Å². The number of aromatic carboxylic acids is 1. The molecule has 0 unspecified atom stereocenters. The molecule has 2 N–H and O–H groups in total. The van der Waals surface area contributed by atoms with Crippen LogP contribution in [0, 0.1) is 23.0 Å². The summed E-state index contributed by atoms with van der Waals surface area (Å²) in [4.78, 5) is 10.8. The number of nitrogens with one attached hydrogen (secondary N) is 1. The molecule has 0 aliphatic rings. The van der Waals surface area contributed by atoms with Crippen LogP contribution < -0.4 is 5.32 Å². The molecule has 0 aliphatic carbocycles. The minimum atomic E-state index is -1.16. The maximum Gasteiger partial charge on any atom is 0.335 e. The molecule has 106 valence electrons. The van der Waals surface area contributed by atoms with Crippen molar-refractivity contribution in [3.05, 3.63) is 64.7 Å². The van der Waals surface area contributed by atoms with Gasteiger partial charge in [0.15, 0.2) is 0 Å². The number of anilines is 1. The average Bonchev–Trinajstić information content (AvgIpc) is 2.47. The standard InChI is InChI=1S/C15H10F2N2O2/c16-12-2-4-14(10(6-12)7-18)19-8-11-5-9(15(20)21)1-3-13(11)17/h1-6,19H,8H2,(H,20,21). The fraction of sp³-hybridized carbons (Fsp3) is 0.0667. The van der Waals surface area contributed by atoms with Crippen LogP contribution in [0.3, 0.4) is 0 Å². The van der Waals surface area contributed by atoms with Gasteiger partial charge >= 0.3 is 5.97 Å². The molecule has 0 fully saturated rings. The van der Waals surface area contributed by atoms with Gasteiger partial charge in [-0.25, -0.2) is 13.6 Å². The van der Waals surface area contributed by atoms with Gasteiger partial charge in [0.1, 0.15) is 17.7 Å². The zero-order chi connectivity index (χ0) is 15.4. The minimum absolute atomic E-state index is 0.0206. The first-order valence-electron chi connectivity index (χ1n) is 5.96. The second-order valence-corrected chi connectivity index (χ2v) is 4.27. The van der Waals surface area contributed by atoms with E-state index in [1.807, 2.05) is 6.07 Å². The van der Waals surface area contributed by atoms with E-state index in [4.69, 9.17) is 10.4 Å². The van der Waals surface area contributed by atoms with Gasteiger partial charge in [0.05, 0.1) is 16.8 Å². The Morgan fingerprint density at radius 3 is 2.67 bits per heavy atom. The second-order valence-electron chi connectivity index (χ2n) is 4.27. The smallest absolute Gasteiger partial charge is 0.335 e. The highest BCUT2D eigenvalue weighted by Crippen LogP contribution is 2.18. The number of carbonyl (C=O) groups is 1. The third kappa shape index (κ3) is 3.34. The van der Waals surface area contributed by atoms with Crippen LogP contribution in [0.1, 0.15) is 21.5 Å². The molecule has 0 amide bonds. The third-order valence-electron chi connectivity index (χ3n) is 2.86. The predicted molar refractivity (Wildman–Crippen MR) is 71.8 cm³/mol. The monoisotopic (exact) mass is 288 g/mol. The van der Waals surface area contributed by atoms with Gasteiger partial charge in [-0.1, -0.05) is 0 Å². The number of hydrogen-bond donors (Lipinski definition) is 2. The molecule has 0 radical (unpaired) electrons. The molecule has 0 bridgehead atoms. The third-order valence-corrected chi connectivity index (χ3v) is 2.86. The molecule has 0 aliphatic heterocycles. The molecule has 0 heterocycles. The zero-order valence-electron chi connectivity index (χ0n) is 10.7. The Morgan fingerprint density at radius 2 is 2.00 bits per heavy atom. The summed E-state index contributed by atoms with van der Waals surface area (Å²) in [6.07, 6.45) is 0. The summed E-state index contributed by atoms with van der Waals surface area (Å²) in [5, 5.41) is 20.6. The van der Waals surface area contributed by atoms with Gasteiger partial charge in [0.2, 0.25) is 0 Å². The number of hydrogen-bond acceptors (Lipinski definition) is 3. The van der Waals surface area contributed by atoms with Crippen molar-refractivity contribution in [2.45, 2.75) is 6.54 Å². The lowest BCUT2D eigenvalue weighted by molar-refractivity contribution is 0.0696. The lowest BCUT2D eigenvalue weighted by Gasteiger charge is -2.09. The topological polar surface area (TPSA) is 73.1 Å². The highest BCUT2D eigenvalue weighted by molar-refractivity contribution is 5.87. The van der Waals surface area contributed by atoms with Crippen molar-refractivity contribution in [3.8, 4) is 6.07 Å². The van der Waals surface area contributed by atoms with Crippen LogP contribution in [0.25, 0.3) is 0 Å². The van der Waals surface area contributed by atoms with Crippen LogP contribution >= 0.6 is 0 Å². The molecule has 2 aromatic carbocycles. The molecular formula is C15H10F2N2O2. The number of halogens is 2. The molecule has 6 heteroatoms. The van der Waals surface area contributed by atoms with E-state index in [0.717, 1.165) is 12.1 Å². The van der Waals surface area contributed by atoms with Crippen molar-refractivity contribution >= 4 is 11.7 Å². The molecule has 0 atom stereocenters. The normalized spacial score (nSPS) is 9.95. The second kappa shape index (κ2) is 6.01. The van der Waals surface area contributed by atoms with E-state index < -0.39 is 17.6 Å². The van der Waals surface area contributed by atoms with E-state index in [-0.39, 0.29) is 23.2 Å². The van der Waals surface area contributed by atoms with E-state index in [1.54, 1.807) is 0 Å². The first-order valence-corrected chi connectivity index (χ1v) is 5.96. The van der Waals surface area contributed by atoms with Crippen LogP contribution in [-0.4, -0.2) is 11.1 Å². The number of nitrogens with zero attached hydrogens (tertiary/aromatic N) is 1. The fourth-order valence-electron chi connectivity index (χ4n) is 1.80. The van der Waals surface area contributed by atoms with Crippen LogP contribution in [0.4, 0.5) is 14.5 Å². The maximum atomic E-state index is 13.6. The number of carboxylic acids is 1. The first kappa shape index (κ1) is 14.5. The largest absolute Gasteiger partial charge is 0.478 e. The van der Waals surface area contributed by atoms with Crippen molar-refractivity contribution < 1.29 is 18.7 Å². The van der Waals surface area contributed by atoms with Gasteiger partial charge in [-0.15, -0.1) is 0 Å². The molecule has 0 spiro atoms. The molecule has 0 aromatic heterocycles. The molecular weight excluding hydrogens is 278 g/mol. The quantitative estimate of drug-likeness (QED) is 0.906.